The number of piperazine rings is 1. The summed E-state index contributed by atoms with van der Waals surface area (Å²) in [6.45, 7) is 10.6. The number of pyridine rings is 2. The molecule has 8 heteroatoms. The highest BCUT2D eigenvalue weighted by atomic mass is 35.5. The first-order valence-corrected chi connectivity index (χ1v) is 13.3. The van der Waals surface area contributed by atoms with Crippen molar-refractivity contribution in [3.8, 4) is 0 Å². The van der Waals surface area contributed by atoms with Gasteiger partial charge in [0.25, 0.3) is 0 Å². The molecule has 188 valence electrons. The quantitative estimate of drug-likeness (QED) is 0.295. The predicted octanol–water partition coefficient (Wildman–Crippen LogP) is 6.01. The Bertz CT molecular complexity index is 1240. The minimum atomic E-state index is 0.436. The van der Waals surface area contributed by atoms with Crippen molar-refractivity contribution in [1.29, 1.82) is 0 Å². The van der Waals surface area contributed by atoms with Crippen molar-refractivity contribution in [1.82, 2.24) is 19.8 Å². The molecule has 1 aliphatic rings. The Balaban J connectivity index is 1.11. The molecule has 1 saturated heterocycles. The zero-order valence-corrected chi connectivity index (χ0v) is 22.2. The van der Waals surface area contributed by atoms with Crippen LogP contribution in [-0.4, -0.2) is 71.1 Å². The van der Waals surface area contributed by atoms with Crippen molar-refractivity contribution in [2.45, 2.75) is 25.9 Å². The average molecular weight is 524 g/mol. The molecule has 6 nitrogen and oxygen atoms in total. The number of aromatic nitrogens is 2. The van der Waals surface area contributed by atoms with Crippen LogP contribution in [0, 0.1) is 0 Å². The van der Waals surface area contributed by atoms with E-state index in [-0.39, 0.29) is 0 Å². The average Bonchev–Trinajstić information content (AvgIpc) is 2.89. The topological polar surface area (TPSA) is 56.3 Å². The first-order valence-electron chi connectivity index (χ1n) is 12.5. The Labute approximate surface area is 222 Å². The van der Waals surface area contributed by atoms with E-state index >= 15 is 0 Å². The molecule has 0 amide bonds. The second-order valence-electron chi connectivity index (χ2n) is 9.57. The molecule has 0 saturated carbocycles. The molecule has 36 heavy (non-hydrogen) atoms. The van der Waals surface area contributed by atoms with Gasteiger partial charge in [0.05, 0.1) is 11.0 Å². The summed E-state index contributed by atoms with van der Waals surface area (Å²) in [5.74, 6) is 0. The Kier molecular flexibility index (Phi) is 7.77. The fraction of sp³-hybridized carbons (Fsp3) is 0.357. The standard InChI is InChI=1S/C28H32Cl2N6/c1-19(17-33-25-7-9-31-27-15-21(29)3-5-23(25)27)35-11-13-36(14-12-35)20(2)18-34-26-8-10-32-28-16-22(30)4-6-24(26)28/h3-10,15-16,19-20H,11-14,17-18H2,1-2H3,(H,31,33)(H,32,34). The first-order chi connectivity index (χ1) is 17.5. The lowest BCUT2D eigenvalue weighted by atomic mass is 10.1. The lowest BCUT2D eigenvalue weighted by Gasteiger charge is -2.40. The number of nitrogens with zero attached hydrogens (tertiary/aromatic N) is 4. The van der Waals surface area contributed by atoms with E-state index in [0.29, 0.717) is 22.1 Å². The Morgan fingerprint density at radius 1 is 0.694 bits per heavy atom. The molecule has 3 heterocycles. The van der Waals surface area contributed by atoms with Gasteiger partial charge >= 0.3 is 0 Å². The number of hydrogen-bond acceptors (Lipinski definition) is 6. The van der Waals surface area contributed by atoms with Gasteiger partial charge in [-0.3, -0.25) is 19.8 Å². The fourth-order valence-corrected chi connectivity index (χ4v) is 5.28. The minimum Gasteiger partial charge on any atom is -0.383 e. The molecule has 1 fully saturated rings. The largest absolute Gasteiger partial charge is 0.383 e. The normalized spacial score (nSPS) is 16.8. The van der Waals surface area contributed by atoms with E-state index in [9.17, 15) is 0 Å². The van der Waals surface area contributed by atoms with Crippen molar-refractivity contribution >= 4 is 56.4 Å². The van der Waals surface area contributed by atoms with Gasteiger partial charge in [-0.1, -0.05) is 23.2 Å². The van der Waals surface area contributed by atoms with Crippen LogP contribution in [0.25, 0.3) is 21.8 Å². The molecule has 0 bridgehead atoms. The maximum Gasteiger partial charge on any atom is 0.0737 e. The Morgan fingerprint density at radius 3 is 1.53 bits per heavy atom. The Hall–Kier alpha value is -2.64. The predicted molar refractivity (Wildman–Crippen MR) is 153 cm³/mol. The molecule has 1 aliphatic heterocycles. The van der Waals surface area contributed by atoms with Crippen LogP contribution in [0.3, 0.4) is 0 Å². The first kappa shape index (κ1) is 25.0. The molecule has 0 aliphatic carbocycles. The molecule has 2 unspecified atom stereocenters. The maximum atomic E-state index is 6.13. The van der Waals surface area contributed by atoms with E-state index in [4.69, 9.17) is 23.2 Å². The summed E-state index contributed by atoms with van der Waals surface area (Å²) < 4.78 is 0. The number of rotatable bonds is 8. The number of benzene rings is 2. The van der Waals surface area contributed by atoms with E-state index in [1.54, 1.807) is 0 Å². The summed E-state index contributed by atoms with van der Waals surface area (Å²) in [5.41, 5.74) is 4.04. The summed E-state index contributed by atoms with van der Waals surface area (Å²) in [7, 11) is 0. The third-order valence-corrected chi connectivity index (χ3v) is 7.65. The second kappa shape index (κ2) is 11.2. The van der Waals surface area contributed by atoms with E-state index in [2.05, 4.69) is 44.2 Å². The van der Waals surface area contributed by atoms with Crippen LogP contribution >= 0.6 is 23.2 Å². The van der Waals surface area contributed by atoms with Crippen molar-refractivity contribution in [3.05, 3.63) is 71.0 Å². The number of halogens is 2. The van der Waals surface area contributed by atoms with Gasteiger partial charge in [0.2, 0.25) is 0 Å². The number of nitrogens with one attached hydrogen (secondary N) is 2. The summed E-state index contributed by atoms with van der Waals surface area (Å²) >= 11 is 12.3. The molecule has 2 aromatic heterocycles. The molecule has 5 rings (SSSR count). The number of fused-ring (bicyclic) bond motifs is 2. The van der Waals surface area contributed by atoms with Gasteiger partial charge in [-0.05, 0) is 62.4 Å². The summed E-state index contributed by atoms with van der Waals surface area (Å²) in [6.07, 6.45) is 3.67. The van der Waals surface area contributed by atoms with Crippen LogP contribution in [0.4, 0.5) is 11.4 Å². The minimum absolute atomic E-state index is 0.436. The van der Waals surface area contributed by atoms with Crippen molar-refractivity contribution < 1.29 is 0 Å². The van der Waals surface area contributed by atoms with Crippen LogP contribution in [0.1, 0.15) is 13.8 Å². The van der Waals surface area contributed by atoms with Gasteiger partial charge in [-0.15, -0.1) is 0 Å². The lowest BCUT2D eigenvalue weighted by molar-refractivity contribution is 0.0853. The monoisotopic (exact) mass is 522 g/mol. The highest BCUT2D eigenvalue weighted by Crippen LogP contribution is 2.26. The molecule has 0 spiro atoms. The van der Waals surface area contributed by atoms with E-state index in [1.165, 1.54) is 0 Å². The fourth-order valence-electron chi connectivity index (χ4n) is 4.94. The van der Waals surface area contributed by atoms with Crippen molar-refractivity contribution in [2.24, 2.45) is 0 Å². The molecule has 2 N–H and O–H groups in total. The third-order valence-electron chi connectivity index (χ3n) is 7.18. The zero-order valence-electron chi connectivity index (χ0n) is 20.7. The molecule has 4 aromatic rings. The highest BCUT2D eigenvalue weighted by molar-refractivity contribution is 6.31. The van der Waals surface area contributed by atoms with Crippen molar-refractivity contribution in [3.63, 3.8) is 0 Å². The van der Waals surface area contributed by atoms with Crippen LogP contribution in [-0.2, 0) is 0 Å². The van der Waals surface area contributed by atoms with E-state index in [1.807, 2.05) is 60.9 Å². The molecule has 2 atom stereocenters. The van der Waals surface area contributed by atoms with Gasteiger partial charge in [0.15, 0.2) is 0 Å². The summed E-state index contributed by atoms with van der Waals surface area (Å²) in [6, 6.07) is 16.7. The molecule has 2 aromatic carbocycles. The SMILES string of the molecule is CC(CNc1ccnc2cc(Cl)ccc12)N1CCN(C(C)CNc2ccnc3cc(Cl)ccc23)CC1. The zero-order chi connectivity index (χ0) is 25.1. The van der Waals surface area contributed by atoms with Crippen LogP contribution in [0.2, 0.25) is 10.0 Å². The van der Waals surface area contributed by atoms with E-state index < -0.39 is 0 Å². The lowest BCUT2D eigenvalue weighted by Crippen LogP contribution is -2.54. The van der Waals surface area contributed by atoms with E-state index in [0.717, 1.165) is 72.4 Å². The van der Waals surface area contributed by atoms with Gasteiger partial charge in [-0.25, -0.2) is 0 Å². The molecule has 0 radical (unpaired) electrons. The second-order valence-corrected chi connectivity index (χ2v) is 10.4. The molecular formula is C28H32Cl2N6. The van der Waals surface area contributed by atoms with Gasteiger partial charge in [0, 0.05) is 95.9 Å². The number of hydrogen-bond donors (Lipinski definition) is 2. The Morgan fingerprint density at radius 2 is 1.11 bits per heavy atom. The van der Waals surface area contributed by atoms with Gasteiger partial charge < -0.3 is 10.6 Å². The molecular weight excluding hydrogens is 491 g/mol. The highest BCUT2D eigenvalue weighted by Gasteiger charge is 2.24. The van der Waals surface area contributed by atoms with Crippen LogP contribution in [0.15, 0.2) is 60.9 Å². The van der Waals surface area contributed by atoms with Gasteiger partial charge in [-0.2, -0.15) is 0 Å². The summed E-state index contributed by atoms with van der Waals surface area (Å²) in [5, 5.41) is 10.9. The number of anilines is 2. The maximum absolute atomic E-state index is 6.13. The van der Waals surface area contributed by atoms with Gasteiger partial charge in [0.1, 0.15) is 0 Å². The van der Waals surface area contributed by atoms with Crippen LogP contribution < -0.4 is 10.6 Å². The third kappa shape index (κ3) is 5.68. The summed E-state index contributed by atoms with van der Waals surface area (Å²) in [4.78, 5) is 14.0. The van der Waals surface area contributed by atoms with Crippen molar-refractivity contribution in [2.75, 3.05) is 49.9 Å². The van der Waals surface area contributed by atoms with Crippen LogP contribution in [0.5, 0.6) is 0 Å². The smallest absolute Gasteiger partial charge is 0.0737 e.